The topological polar surface area (TPSA) is 26.0 Å². The molecule has 0 atom stereocenters. The van der Waals surface area contributed by atoms with Crippen LogP contribution in [0.1, 0.15) is 42.7 Å². The Kier molecular flexibility index (Phi) is 3.82. The maximum atomic E-state index is 6.63. The zero-order valence-corrected chi connectivity index (χ0v) is 12.3. The van der Waals surface area contributed by atoms with Gasteiger partial charge in [-0.1, -0.05) is 54.1 Å². The third kappa shape index (κ3) is 2.74. The van der Waals surface area contributed by atoms with E-state index < -0.39 is 0 Å². The quantitative estimate of drug-likeness (QED) is 0.838. The summed E-state index contributed by atoms with van der Waals surface area (Å²) in [7, 11) is 0. The third-order valence-corrected chi connectivity index (χ3v) is 4.78. The van der Waals surface area contributed by atoms with Crippen molar-refractivity contribution in [1.82, 2.24) is 0 Å². The van der Waals surface area contributed by atoms with Crippen molar-refractivity contribution < 1.29 is 0 Å². The highest BCUT2D eigenvalue weighted by molar-refractivity contribution is 6.30. The number of halogens is 1. The third-order valence-electron chi connectivity index (χ3n) is 4.55. The first-order valence-electron chi connectivity index (χ1n) is 7.27. The van der Waals surface area contributed by atoms with Crippen LogP contribution in [0.3, 0.4) is 0 Å². The summed E-state index contributed by atoms with van der Waals surface area (Å²) in [6.45, 7) is 0. The van der Waals surface area contributed by atoms with Gasteiger partial charge < -0.3 is 5.73 Å². The van der Waals surface area contributed by atoms with Crippen LogP contribution in [0.4, 0.5) is 0 Å². The predicted octanol–water partition coefficient (Wildman–Crippen LogP) is 4.85. The van der Waals surface area contributed by atoms with E-state index in [1.54, 1.807) is 0 Å². The molecule has 0 spiro atoms. The van der Waals surface area contributed by atoms with Crippen molar-refractivity contribution in [3.8, 4) is 0 Å². The molecule has 1 saturated carbocycles. The van der Waals surface area contributed by atoms with Gasteiger partial charge in [0.2, 0.25) is 0 Å². The summed E-state index contributed by atoms with van der Waals surface area (Å²) in [5, 5.41) is 0.775. The van der Waals surface area contributed by atoms with Gasteiger partial charge in [0.25, 0.3) is 0 Å². The lowest BCUT2D eigenvalue weighted by Crippen LogP contribution is -2.40. The van der Waals surface area contributed by atoms with Crippen molar-refractivity contribution in [2.45, 2.75) is 37.1 Å². The molecule has 0 saturated heterocycles. The number of benzene rings is 2. The summed E-state index contributed by atoms with van der Waals surface area (Å²) in [6, 6.07) is 18.8. The summed E-state index contributed by atoms with van der Waals surface area (Å²) >= 11 is 6.10. The summed E-state index contributed by atoms with van der Waals surface area (Å²) in [5.41, 5.74) is 9.04. The van der Waals surface area contributed by atoms with Crippen molar-refractivity contribution in [2.75, 3.05) is 0 Å². The van der Waals surface area contributed by atoms with E-state index in [1.165, 1.54) is 11.1 Å². The monoisotopic (exact) mass is 285 g/mol. The average Bonchev–Trinajstić information content (AvgIpc) is 2.49. The lowest BCUT2D eigenvalue weighted by atomic mass is 9.71. The summed E-state index contributed by atoms with van der Waals surface area (Å²) < 4.78 is 0. The van der Waals surface area contributed by atoms with Crippen LogP contribution in [0.5, 0.6) is 0 Å². The van der Waals surface area contributed by atoms with Crippen LogP contribution in [0.2, 0.25) is 5.02 Å². The molecule has 20 heavy (non-hydrogen) atoms. The highest BCUT2D eigenvalue weighted by Gasteiger charge is 2.33. The fourth-order valence-corrected chi connectivity index (χ4v) is 3.47. The SMILES string of the molecule is NC1(c2cccc(Cl)c2)CCC(c2ccccc2)CC1. The van der Waals surface area contributed by atoms with E-state index in [0.717, 1.165) is 30.7 Å². The fourth-order valence-electron chi connectivity index (χ4n) is 3.28. The second kappa shape index (κ2) is 5.59. The minimum Gasteiger partial charge on any atom is -0.321 e. The van der Waals surface area contributed by atoms with Gasteiger partial charge in [-0.2, -0.15) is 0 Å². The van der Waals surface area contributed by atoms with Gasteiger partial charge in [-0.3, -0.25) is 0 Å². The van der Waals surface area contributed by atoms with Crippen molar-refractivity contribution in [1.29, 1.82) is 0 Å². The Morgan fingerprint density at radius 1 is 0.950 bits per heavy atom. The van der Waals surface area contributed by atoms with Crippen molar-refractivity contribution >= 4 is 11.6 Å². The normalized spacial score (nSPS) is 26.4. The lowest BCUT2D eigenvalue weighted by Gasteiger charge is -2.38. The Morgan fingerprint density at radius 3 is 2.30 bits per heavy atom. The van der Waals surface area contributed by atoms with Crippen LogP contribution in [0.15, 0.2) is 54.6 Å². The second-order valence-electron chi connectivity index (χ2n) is 5.85. The molecule has 0 radical (unpaired) electrons. The maximum absolute atomic E-state index is 6.63. The van der Waals surface area contributed by atoms with E-state index in [9.17, 15) is 0 Å². The fraction of sp³-hybridized carbons (Fsp3) is 0.333. The molecule has 1 fully saturated rings. The Labute approximate surface area is 125 Å². The molecule has 1 aliphatic rings. The summed E-state index contributed by atoms with van der Waals surface area (Å²) in [6.07, 6.45) is 4.33. The number of rotatable bonds is 2. The molecular weight excluding hydrogens is 266 g/mol. The van der Waals surface area contributed by atoms with Crippen LogP contribution in [-0.4, -0.2) is 0 Å². The molecule has 1 aliphatic carbocycles. The molecule has 2 aromatic carbocycles. The molecule has 3 rings (SSSR count). The Morgan fingerprint density at radius 2 is 1.65 bits per heavy atom. The van der Waals surface area contributed by atoms with Gasteiger partial charge in [-0.25, -0.2) is 0 Å². The molecule has 2 N–H and O–H groups in total. The largest absolute Gasteiger partial charge is 0.321 e. The summed E-state index contributed by atoms with van der Waals surface area (Å²) in [4.78, 5) is 0. The van der Waals surface area contributed by atoms with Crippen LogP contribution in [-0.2, 0) is 5.54 Å². The summed E-state index contributed by atoms with van der Waals surface area (Å²) in [5.74, 6) is 0.645. The first-order valence-corrected chi connectivity index (χ1v) is 7.65. The average molecular weight is 286 g/mol. The molecule has 1 nitrogen and oxygen atoms in total. The van der Waals surface area contributed by atoms with E-state index in [4.69, 9.17) is 17.3 Å². The lowest BCUT2D eigenvalue weighted by molar-refractivity contribution is 0.277. The number of hydrogen-bond acceptors (Lipinski definition) is 1. The molecule has 2 heteroatoms. The Balaban J connectivity index is 1.75. The van der Waals surface area contributed by atoms with Gasteiger partial charge in [0.15, 0.2) is 0 Å². The van der Waals surface area contributed by atoms with E-state index in [0.29, 0.717) is 5.92 Å². The first kappa shape index (κ1) is 13.7. The zero-order valence-electron chi connectivity index (χ0n) is 11.6. The molecule has 0 aliphatic heterocycles. The zero-order chi connectivity index (χ0) is 14.0. The smallest absolute Gasteiger partial charge is 0.0410 e. The van der Waals surface area contributed by atoms with Gasteiger partial charge in [0.1, 0.15) is 0 Å². The Hall–Kier alpha value is -1.31. The van der Waals surface area contributed by atoms with E-state index in [1.807, 2.05) is 18.2 Å². The minimum atomic E-state index is -0.212. The van der Waals surface area contributed by atoms with Crippen molar-refractivity contribution in [3.05, 3.63) is 70.7 Å². The molecule has 0 bridgehead atoms. The standard InChI is InChI=1S/C18H20ClN/c19-17-8-4-7-16(13-17)18(20)11-9-15(10-12-18)14-5-2-1-3-6-14/h1-8,13,15H,9-12,20H2. The Bertz CT molecular complexity index is 571. The molecular formula is C18H20ClN. The molecule has 0 aromatic heterocycles. The molecule has 0 unspecified atom stereocenters. The van der Waals surface area contributed by atoms with Gasteiger partial charge in [-0.05, 0) is 54.9 Å². The van der Waals surface area contributed by atoms with Crippen LogP contribution >= 0.6 is 11.6 Å². The van der Waals surface area contributed by atoms with Crippen molar-refractivity contribution in [3.63, 3.8) is 0 Å². The van der Waals surface area contributed by atoms with Crippen LogP contribution in [0.25, 0.3) is 0 Å². The first-order chi connectivity index (χ1) is 9.67. The maximum Gasteiger partial charge on any atom is 0.0410 e. The molecule has 104 valence electrons. The van der Waals surface area contributed by atoms with Gasteiger partial charge in [-0.15, -0.1) is 0 Å². The van der Waals surface area contributed by atoms with E-state index in [-0.39, 0.29) is 5.54 Å². The van der Waals surface area contributed by atoms with Crippen LogP contribution in [0, 0.1) is 0 Å². The minimum absolute atomic E-state index is 0.212. The highest BCUT2D eigenvalue weighted by atomic mass is 35.5. The van der Waals surface area contributed by atoms with Gasteiger partial charge in [0.05, 0.1) is 0 Å². The number of nitrogens with two attached hydrogens (primary N) is 1. The second-order valence-corrected chi connectivity index (χ2v) is 6.29. The van der Waals surface area contributed by atoms with Gasteiger partial charge in [0, 0.05) is 10.6 Å². The molecule has 0 amide bonds. The predicted molar refractivity (Wildman–Crippen MR) is 85.0 cm³/mol. The van der Waals surface area contributed by atoms with Gasteiger partial charge >= 0.3 is 0 Å². The van der Waals surface area contributed by atoms with E-state index >= 15 is 0 Å². The van der Waals surface area contributed by atoms with Crippen LogP contribution < -0.4 is 5.73 Å². The molecule has 0 heterocycles. The van der Waals surface area contributed by atoms with Crippen molar-refractivity contribution in [2.24, 2.45) is 5.73 Å². The molecule has 2 aromatic rings. The van der Waals surface area contributed by atoms with E-state index in [2.05, 4.69) is 36.4 Å². The number of hydrogen-bond donors (Lipinski definition) is 1. The highest BCUT2D eigenvalue weighted by Crippen LogP contribution is 2.42.